The lowest BCUT2D eigenvalue weighted by atomic mass is 10.0. The molecular weight excluding hydrogens is 398 g/mol. The average molecular weight is 418 g/mol. The summed E-state index contributed by atoms with van der Waals surface area (Å²) in [7, 11) is 1.99. The van der Waals surface area contributed by atoms with Crippen LogP contribution in [0.25, 0.3) is 0 Å². The minimum absolute atomic E-state index is 0.337. The zero-order chi connectivity index (χ0) is 18.7. The number of nitrogens with zero attached hydrogens (tertiary/aromatic N) is 3. The van der Waals surface area contributed by atoms with Gasteiger partial charge in [0.25, 0.3) is 11.5 Å². The van der Waals surface area contributed by atoms with Gasteiger partial charge >= 0.3 is 0 Å². The van der Waals surface area contributed by atoms with E-state index >= 15 is 0 Å². The summed E-state index contributed by atoms with van der Waals surface area (Å²) in [5, 5.41) is 0. The molecule has 1 saturated heterocycles. The third-order valence-electron chi connectivity index (χ3n) is 4.54. The molecule has 6 nitrogen and oxygen atoms in total. The summed E-state index contributed by atoms with van der Waals surface area (Å²) >= 11 is 3.35. The molecular formula is C19H20BrN3O3. The molecule has 26 heavy (non-hydrogen) atoms. The van der Waals surface area contributed by atoms with Gasteiger partial charge in [0.1, 0.15) is 0 Å². The first-order chi connectivity index (χ1) is 12.5. The minimum Gasteiger partial charge on any atom is -0.338 e. The molecule has 0 radical (unpaired) electrons. The Bertz CT molecular complexity index is 872. The highest BCUT2D eigenvalue weighted by Gasteiger charge is 2.34. The lowest BCUT2D eigenvalue weighted by Gasteiger charge is -2.34. The van der Waals surface area contributed by atoms with E-state index in [1.807, 2.05) is 13.1 Å². The van der Waals surface area contributed by atoms with Crippen molar-refractivity contribution in [1.82, 2.24) is 14.4 Å². The average Bonchev–Trinajstić information content (AvgIpc) is 2.64. The molecule has 136 valence electrons. The fourth-order valence-corrected chi connectivity index (χ4v) is 3.41. The highest BCUT2D eigenvalue weighted by Crippen LogP contribution is 2.20. The van der Waals surface area contributed by atoms with Gasteiger partial charge in [0.15, 0.2) is 11.8 Å². The maximum atomic E-state index is 13.2. The van der Waals surface area contributed by atoms with Gasteiger partial charge < -0.3 is 9.80 Å². The van der Waals surface area contributed by atoms with Crippen molar-refractivity contribution in [2.45, 2.75) is 6.04 Å². The van der Waals surface area contributed by atoms with Crippen LogP contribution in [0.15, 0.2) is 57.9 Å². The van der Waals surface area contributed by atoms with Gasteiger partial charge in [-0.1, -0.05) is 34.1 Å². The molecule has 1 atom stereocenters. The number of Topliss-reactive ketones (excluding diaryl/α,β-unsaturated/α-hetero) is 1. The van der Waals surface area contributed by atoms with Crippen LogP contribution in [0.1, 0.15) is 16.4 Å². The molecule has 2 aromatic rings. The smallest absolute Gasteiger partial charge is 0.253 e. The van der Waals surface area contributed by atoms with Gasteiger partial charge in [-0.2, -0.15) is 0 Å². The van der Waals surface area contributed by atoms with E-state index in [-0.39, 0.29) is 17.2 Å². The Balaban J connectivity index is 1.99. The van der Waals surface area contributed by atoms with Crippen molar-refractivity contribution < 1.29 is 9.59 Å². The number of rotatable bonds is 4. The van der Waals surface area contributed by atoms with Crippen molar-refractivity contribution in [3.05, 3.63) is 69.1 Å². The van der Waals surface area contributed by atoms with Crippen LogP contribution in [0.2, 0.25) is 0 Å². The summed E-state index contributed by atoms with van der Waals surface area (Å²) < 4.78 is 1.97. The summed E-state index contributed by atoms with van der Waals surface area (Å²) in [5.74, 6) is -0.722. The topological polar surface area (TPSA) is 62.6 Å². The Labute approximate surface area is 160 Å². The molecule has 0 aliphatic carbocycles. The molecule has 0 saturated carbocycles. The van der Waals surface area contributed by atoms with E-state index in [0.29, 0.717) is 18.7 Å². The predicted molar refractivity (Wildman–Crippen MR) is 102 cm³/mol. The maximum Gasteiger partial charge on any atom is 0.253 e. The number of piperazine rings is 1. The third-order valence-corrected chi connectivity index (χ3v) is 5.03. The summed E-state index contributed by atoms with van der Waals surface area (Å²) in [6, 6.07) is 10.3. The third kappa shape index (κ3) is 3.94. The molecule has 1 aliphatic heterocycles. The first-order valence-corrected chi connectivity index (χ1v) is 9.21. The Morgan fingerprint density at radius 1 is 1.04 bits per heavy atom. The number of ketones is 1. The number of aromatic nitrogens is 1. The second-order valence-corrected chi connectivity index (χ2v) is 7.27. The van der Waals surface area contributed by atoms with Gasteiger partial charge in [-0.05, 0) is 25.2 Å². The van der Waals surface area contributed by atoms with Crippen LogP contribution in [-0.4, -0.2) is 59.3 Å². The van der Waals surface area contributed by atoms with Gasteiger partial charge in [-0.25, -0.2) is 0 Å². The molecule has 1 aromatic carbocycles. The molecule has 3 rings (SSSR count). The maximum absolute atomic E-state index is 13.2. The van der Waals surface area contributed by atoms with Crippen LogP contribution in [0.3, 0.4) is 0 Å². The molecule has 1 fully saturated rings. The Morgan fingerprint density at radius 2 is 1.77 bits per heavy atom. The lowest BCUT2D eigenvalue weighted by Crippen LogP contribution is -2.51. The van der Waals surface area contributed by atoms with E-state index < -0.39 is 6.04 Å². The molecule has 1 amide bonds. The molecule has 0 N–H and O–H groups in total. The van der Waals surface area contributed by atoms with Gasteiger partial charge in [0, 0.05) is 48.5 Å². The van der Waals surface area contributed by atoms with Crippen LogP contribution in [0.4, 0.5) is 0 Å². The standard InChI is InChI=1S/C19H20BrN3O3/c1-21-9-11-22(12-10-21)19(26)17(23-8-3-2-7-16(23)24)18(25)14-5-4-6-15(20)13-14/h2-8,13,17H,9-12H2,1H3/t17-/m1/s1. The van der Waals surface area contributed by atoms with Gasteiger partial charge in [-0.3, -0.25) is 19.0 Å². The SMILES string of the molecule is CN1CCN(C(=O)[C@@H](C(=O)c2cccc(Br)c2)n2ccccc2=O)CC1. The van der Waals surface area contributed by atoms with Crippen molar-refractivity contribution in [3.63, 3.8) is 0 Å². The predicted octanol–water partition coefficient (Wildman–Crippen LogP) is 1.81. The Hall–Kier alpha value is -2.25. The molecule has 1 aliphatic rings. The van der Waals surface area contributed by atoms with E-state index in [0.717, 1.165) is 17.6 Å². The Kier molecular flexibility index (Phi) is 5.68. The zero-order valence-corrected chi connectivity index (χ0v) is 16.1. The first-order valence-electron chi connectivity index (χ1n) is 8.41. The highest BCUT2D eigenvalue weighted by atomic mass is 79.9. The summed E-state index contributed by atoms with van der Waals surface area (Å²) in [5.41, 5.74) is 0.0194. The number of amides is 1. The fraction of sp³-hybridized carbons (Fsp3) is 0.316. The molecule has 0 bridgehead atoms. The van der Waals surface area contributed by atoms with E-state index in [2.05, 4.69) is 20.8 Å². The summed E-state index contributed by atoms with van der Waals surface area (Å²) in [6.45, 7) is 2.57. The van der Waals surface area contributed by atoms with Crippen LogP contribution >= 0.6 is 15.9 Å². The van der Waals surface area contributed by atoms with E-state index in [1.165, 1.54) is 16.8 Å². The zero-order valence-electron chi connectivity index (χ0n) is 14.5. The summed E-state index contributed by atoms with van der Waals surface area (Å²) in [6.07, 6.45) is 1.50. The monoisotopic (exact) mass is 417 g/mol. The fourth-order valence-electron chi connectivity index (χ4n) is 3.01. The van der Waals surface area contributed by atoms with Crippen LogP contribution < -0.4 is 5.56 Å². The van der Waals surface area contributed by atoms with Gasteiger partial charge in [0.05, 0.1) is 0 Å². The largest absolute Gasteiger partial charge is 0.338 e. The second-order valence-electron chi connectivity index (χ2n) is 6.35. The van der Waals surface area contributed by atoms with Crippen molar-refractivity contribution >= 4 is 27.6 Å². The van der Waals surface area contributed by atoms with Crippen molar-refractivity contribution in [2.75, 3.05) is 33.2 Å². The number of benzene rings is 1. The highest BCUT2D eigenvalue weighted by molar-refractivity contribution is 9.10. The van der Waals surface area contributed by atoms with Gasteiger partial charge in [0.2, 0.25) is 0 Å². The Morgan fingerprint density at radius 3 is 2.42 bits per heavy atom. The van der Waals surface area contributed by atoms with Crippen molar-refractivity contribution in [2.24, 2.45) is 0 Å². The molecule has 0 unspecified atom stereocenters. The number of hydrogen-bond acceptors (Lipinski definition) is 4. The number of carbonyl (C=O) groups is 2. The van der Waals surface area contributed by atoms with E-state index in [4.69, 9.17) is 0 Å². The van der Waals surface area contributed by atoms with Crippen molar-refractivity contribution in [3.8, 4) is 0 Å². The normalized spacial score (nSPS) is 16.3. The number of hydrogen-bond donors (Lipinski definition) is 0. The molecule has 7 heteroatoms. The van der Waals surface area contributed by atoms with E-state index in [1.54, 1.807) is 35.2 Å². The number of carbonyl (C=O) groups excluding carboxylic acids is 2. The van der Waals surface area contributed by atoms with Crippen LogP contribution in [-0.2, 0) is 4.79 Å². The molecule has 0 spiro atoms. The quantitative estimate of drug-likeness (QED) is 0.562. The lowest BCUT2D eigenvalue weighted by molar-refractivity contribution is -0.135. The second kappa shape index (κ2) is 7.97. The van der Waals surface area contributed by atoms with Crippen LogP contribution in [0.5, 0.6) is 0 Å². The number of pyridine rings is 1. The molecule has 1 aromatic heterocycles. The van der Waals surface area contributed by atoms with E-state index in [9.17, 15) is 14.4 Å². The number of likely N-dealkylation sites (N-methyl/N-ethyl adjacent to an activating group) is 1. The first kappa shape index (κ1) is 18.5. The molecule has 2 heterocycles. The van der Waals surface area contributed by atoms with Gasteiger partial charge in [-0.15, -0.1) is 0 Å². The van der Waals surface area contributed by atoms with Crippen molar-refractivity contribution in [1.29, 1.82) is 0 Å². The minimum atomic E-state index is -1.19. The summed E-state index contributed by atoms with van der Waals surface area (Å²) in [4.78, 5) is 42.5. The van der Waals surface area contributed by atoms with Crippen LogP contribution in [0, 0.1) is 0 Å². The number of halogens is 1.